The molecule has 1 saturated heterocycles. The summed E-state index contributed by atoms with van der Waals surface area (Å²) in [4.78, 5) is 42.2. The van der Waals surface area contributed by atoms with Crippen LogP contribution < -0.4 is 0 Å². The molecule has 2 aromatic carbocycles. The summed E-state index contributed by atoms with van der Waals surface area (Å²) < 4.78 is 2.92. The van der Waals surface area contributed by atoms with E-state index in [0.29, 0.717) is 18.0 Å². The number of carbonyl (C=O) groups is 3. The van der Waals surface area contributed by atoms with Gasteiger partial charge in [-0.05, 0) is 61.4 Å². The van der Waals surface area contributed by atoms with Gasteiger partial charge in [0.2, 0.25) is 5.91 Å². The molecule has 1 aromatic heterocycles. The summed E-state index contributed by atoms with van der Waals surface area (Å²) in [6.45, 7) is 7.82. The zero-order valence-corrected chi connectivity index (χ0v) is 22.5. The van der Waals surface area contributed by atoms with Crippen LogP contribution in [0.15, 0.2) is 58.0 Å². The molecule has 1 fully saturated rings. The summed E-state index contributed by atoms with van der Waals surface area (Å²) in [5.74, 6) is -0.242. The van der Waals surface area contributed by atoms with Crippen LogP contribution in [0.5, 0.6) is 0 Å². The van der Waals surface area contributed by atoms with Gasteiger partial charge >= 0.3 is 0 Å². The zero-order valence-electron chi connectivity index (χ0n) is 20.1. The fourth-order valence-electron chi connectivity index (χ4n) is 4.36. The van der Waals surface area contributed by atoms with E-state index in [1.54, 1.807) is 6.08 Å². The van der Waals surface area contributed by atoms with Crippen LogP contribution in [0, 0.1) is 0 Å². The molecule has 0 atom stereocenters. The second-order valence-corrected chi connectivity index (χ2v) is 10.2. The number of fused-ring (bicyclic) bond motifs is 1. The number of aromatic nitrogens is 1. The molecule has 1 aliphatic rings. The van der Waals surface area contributed by atoms with Gasteiger partial charge in [-0.3, -0.25) is 19.3 Å². The van der Waals surface area contributed by atoms with Crippen LogP contribution in [0.25, 0.3) is 17.0 Å². The van der Waals surface area contributed by atoms with Crippen LogP contribution in [0.2, 0.25) is 0 Å². The van der Waals surface area contributed by atoms with Crippen molar-refractivity contribution in [3.63, 3.8) is 0 Å². The highest BCUT2D eigenvalue weighted by Gasteiger charge is 2.35. The summed E-state index contributed by atoms with van der Waals surface area (Å²) in [5, 5.41) is 0.690. The van der Waals surface area contributed by atoms with Gasteiger partial charge in [-0.2, -0.15) is 0 Å². The Balaban J connectivity index is 1.68. The van der Waals surface area contributed by atoms with E-state index in [1.165, 1.54) is 4.90 Å². The molecule has 0 aliphatic carbocycles. The van der Waals surface area contributed by atoms with E-state index in [4.69, 9.17) is 0 Å². The molecule has 0 saturated carbocycles. The summed E-state index contributed by atoms with van der Waals surface area (Å²) in [7, 11) is 0. The van der Waals surface area contributed by atoms with E-state index < -0.39 is 0 Å². The molecule has 3 aromatic rings. The number of imide groups is 1. The van der Waals surface area contributed by atoms with Crippen molar-refractivity contribution in [2.75, 3.05) is 13.1 Å². The number of para-hydroxylation sites is 1. The SMILES string of the molecule is CCc1cccc2c(/C=C3\SC(=O)N(Cc4ccc(Br)cc4)C3=O)cn(CC(=O)N(CC)CC)c12. The van der Waals surface area contributed by atoms with Crippen molar-refractivity contribution < 1.29 is 14.4 Å². The number of thioether (sulfide) groups is 1. The van der Waals surface area contributed by atoms with Gasteiger partial charge in [-0.25, -0.2) is 0 Å². The molecule has 0 radical (unpaired) electrons. The minimum absolute atomic E-state index is 0.0548. The number of hydrogen-bond donors (Lipinski definition) is 0. The average Bonchev–Trinajstić information content (AvgIpc) is 3.33. The highest BCUT2D eigenvalue weighted by Crippen LogP contribution is 2.35. The Morgan fingerprint density at radius 1 is 1.06 bits per heavy atom. The Morgan fingerprint density at radius 3 is 2.43 bits per heavy atom. The highest BCUT2D eigenvalue weighted by molar-refractivity contribution is 9.10. The third-order valence-electron chi connectivity index (χ3n) is 6.23. The molecule has 3 amide bonds. The summed E-state index contributed by atoms with van der Waals surface area (Å²) >= 11 is 4.36. The van der Waals surface area contributed by atoms with E-state index in [-0.39, 0.29) is 30.1 Å². The Kier molecular flexibility index (Phi) is 7.82. The van der Waals surface area contributed by atoms with Gasteiger partial charge in [0, 0.05) is 34.7 Å². The molecule has 6 nitrogen and oxygen atoms in total. The molecular formula is C27H28BrN3O3S. The van der Waals surface area contributed by atoms with E-state index in [0.717, 1.165) is 50.2 Å². The van der Waals surface area contributed by atoms with Crippen LogP contribution in [0.4, 0.5) is 4.79 Å². The number of likely N-dealkylation sites (N-methyl/N-ethyl adjacent to an activating group) is 1. The minimum Gasteiger partial charge on any atom is -0.342 e. The molecule has 0 N–H and O–H groups in total. The van der Waals surface area contributed by atoms with Crippen LogP contribution >= 0.6 is 27.7 Å². The van der Waals surface area contributed by atoms with Crippen LogP contribution in [-0.4, -0.2) is 44.5 Å². The molecule has 0 unspecified atom stereocenters. The van der Waals surface area contributed by atoms with Crippen molar-refractivity contribution in [1.82, 2.24) is 14.4 Å². The quantitative estimate of drug-likeness (QED) is 0.317. The van der Waals surface area contributed by atoms with Gasteiger partial charge in [0.25, 0.3) is 11.1 Å². The van der Waals surface area contributed by atoms with Crippen molar-refractivity contribution in [2.24, 2.45) is 0 Å². The third kappa shape index (κ3) is 5.23. The Bertz CT molecular complexity index is 1310. The fourth-order valence-corrected chi connectivity index (χ4v) is 5.46. The predicted octanol–water partition coefficient (Wildman–Crippen LogP) is 6.07. The Labute approximate surface area is 218 Å². The number of amides is 3. The van der Waals surface area contributed by atoms with Gasteiger partial charge < -0.3 is 9.47 Å². The molecule has 1 aliphatic heterocycles. The number of aryl methyl sites for hydroxylation is 1. The lowest BCUT2D eigenvalue weighted by atomic mass is 10.1. The summed E-state index contributed by atoms with van der Waals surface area (Å²) in [6, 6.07) is 13.6. The molecule has 0 spiro atoms. The van der Waals surface area contributed by atoms with Crippen molar-refractivity contribution >= 4 is 61.7 Å². The first-order valence-electron chi connectivity index (χ1n) is 11.7. The van der Waals surface area contributed by atoms with Gasteiger partial charge in [0.05, 0.1) is 17.0 Å². The largest absolute Gasteiger partial charge is 0.342 e. The maximum absolute atomic E-state index is 13.1. The maximum atomic E-state index is 13.1. The summed E-state index contributed by atoms with van der Waals surface area (Å²) in [6.07, 6.45) is 4.53. The summed E-state index contributed by atoms with van der Waals surface area (Å²) in [5.41, 5.74) is 3.85. The van der Waals surface area contributed by atoms with Crippen LogP contribution in [-0.2, 0) is 29.1 Å². The molecule has 182 valence electrons. The van der Waals surface area contributed by atoms with Crippen LogP contribution in [0.3, 0.4) is 0 Å². The second kappa shape index (κ2) is 10.8. The number of nitrogens with zero attached hydrogens (tertiary/aromatic N) is 3. The van der Waals surface area contributed by atoms with Crippen molar-refractivity contribution in [2.45, 2.75) is 40.3 Å². The van der Waals surface area contributed by atoms with E-state index >= 15 is 0 Å². The Hall–Kier alpha value is -2.84. The van der Waals surface area contributed by atoms with Gasteiger partial charge in [0.15, 0.2) is 0 Å². The number of rotatable bonds is 8. The van der Waals surface area contributed by atoms with Gasteiger partial charge in [-0.1, -0.05) is 53.2 Å². The topological polar surface area (TPSA) is 62.6 Å². The first kappa shape index (κ1) is 25.3. The number of halogens is 1. The highest BCUT2D eigenvalue weighted by atomic mass is 79.9. The predicted molar refractivity (Wildman–Crippen MR) is 145 cm³/mol. The number of benzene rings is 2. The second-order valence-electron chi connectivity index (χ2n) is 8.34. The lowest BCUT2D eigenvalue weighted by Gasteiger charge is -2.19. The molecule has 0 bridgehead atoms. The molecule has 8 heteroatoms. The van der Waals surface area contributed by atoms with Crippen molar-refractivity contribution in [3.8, 4) is 0 Å². The first-order valence-corrected chi connectivity index (χ1v) is 13.4. The molecular weight excluding hydrogens is 526 g/mol. The Morgan fingerprint density at radius 2 is 1.77 bits per heavy atom. The smallest absolute Gasteiger partial charge is 0.293 e. The maximum Gasteiger partial charge on any atom is 0.293 e. The van der Waals surface area contributed by atoms with Gasteiger partial charge in [-0.15, -0.1) is 0 Å². The first-order chi connectivity index (χ1) is 16.9. The van der Waals surface area contributed by atoms with Crippen molar-refractivity contribution in [1.29, 1.82) is 0 Å². The average molecular weight is 555 g/mol. The van der Waals surface area contributed by atoms with Crippen molar-refractivity contribution in [3.05, 3.63) is 74.7 Å². The van der Waals surface area contributed by atoms with Gasteiger partial charge in [0.1, 0.15) is 6.54 Å². The molecule has 2 heterocycles. The molecule has 4 rings (SSSR count). The monoisotopic (exact) mass is 553 g/mol. The van der Waals surface area contributed by atoms with E-state index in [2.05, 4.69) is 28.9 Å². The third-order valence-corrected chi connectivity index (χ3v) is 7.67. The number of carbonyl (C=O) groups excluding carboxylic acids is 3. The zero-order chi connectivity index (χ0) is 25.1. The minimum atomic E-state index is -0.297. The number of hydrogen-bond acceptors (Lipinski definition) is 4. The van der Waals surface area contributed by atoms with Crippen LogP contribution in [0.1, 0.15) is 37.5 Å². The lowest BCUT2D eigenvalue weighted by molar-refractivity contribution is -0.131. The lowest BCUT2D eigenvalue weighted by Crippen LogP contribution is -2.33. The normalized spacial score (nSPS) is 15.0. The van der Waals surface area contributed by atoms with E-state index in [9.17, 15) is 14.4 Å². The fraction of sp³-hybridized carbons (Fsp3) is 0.296. The molecule has 35 heavy (non-hydrogen) atoms. The van der Waals surface area contributed by atoms with E-state index in [1.807, 2.05) is 65.9 Å². The standard InChI is InChI=1S/C27H28BrN3O3S/c1-4-19-8-7-9-22-20(16-30(25(19)22)17-24(32)29(5-2)6-3)14-23-26(33)31(27(34)35-23)15-18-10-12-21(28)13-11-18/h7-14,16H,4-6,15,17H2,1-3H3/b23-14-.